The summed E-state index contributed by atoms with van der Waals surface area (Å²) in [6.07, 6.45) is 7.10. The Morgan fingerprint density at radius 3 is 1.28 bits per heavy atom. The molecule has 2 heterocycles. The number of hydrogen-bond acceptors (Lipinski definition) is 2. The van der Waals surface area contributed by atoms with Crippen molar-refractivity contribution in [2.24, 2.45) is 0 Å². The van der Waals surface area contributed by atoms with Crippen molar-refractivity contribution >= 4 is 57.2 Å². The maximum atomic E-state index is 2.79. The quantitative estimate of drug-likeness (QED) is 0.159. The van der Waals surface area contributed by atoms with Crippen LogP contribution in [0.4, 0.5) is 34.1 Å². The van der Waals surface area contributed by atoms with Gasteiger partial charge in [0.2, 0.25) is 0 Å². The lowest BCUT2D eigenvalue weighted by molar-refractivity contribution is 0.332. The number of anilines is 6. The van der Waals surface area contributed by atoms with Gasteiger partial charge in [-0.25, -0.2) is 0 Å². The molecule has 0 spiro atoms. The standard InChI is InChI=1S/C71H87BN2/c1-63(2,3)42-33-59-62-60(34-42)74(44-35-46-45-23-21-22-24-47(45)71(19,20)61(46)54(37-44)64(4,5)6)58-41-53-51(68(13,14)30-32-70(53,17)18)39-56(58)72(62)55-38-50-52(69(15,16)31-29-67(50,11)12)40-57(55)73(59)43-25-26-48-49(36-43)66(9,10)28-27-65(48,7)8/h21-26,33-41H,27-32H2,1-20H3. The molecule has 0 atom stereocenters. The Bertz CT molecular complexity index is 3410. The maximum absolute atomic E-state index is 2.79. The number of benzene rings is 6. The van der Waals surface area contributed by atoms with Crippen LogP contribution in [0.1, 0.15) is 233 Å². The van der Waals surface area contributed by atoms with Crippen LogP contribution in [0.15, 0.2) is 91.0 Å². The van der Waals surface area contributed by atoms with Crippen LogP contribution in [-0.2, 0) is 48.7 Å². The molecule has 384 valence electrons. The zero-order valence-electron chi connectivity index (χ0n) is 49.4. The van der Waals surface area contributed by atoms with E-state index in [-0.39, 0.29) is 55.4 Å². The van der Waals surface area contributed by atoms with Crippen molar-refractivity contribution in [1.82, 2.24) is 0 Å². The van der Waals surface area contributed by atoms with Gasteiger partial charge in [-0.05, 0) is 214 Å². The van der Waals surface area contributed by atoms with Crippen molar-refractivity contribution in [3.63, 3.8) is 0 Å². The lowest BCUT2D eigenvalue weighted by atomic mass is 9.32. The fourth-order valence-corrected chi connectivity index (χ4v) is 15.5. The second kappa shape index (κ2) is 15.1. The molecule has 74 heavy (non-hydrogen) atoms. The maximum Gasteiger partial charge on any atom is 0.252 e. The lowest BCUT2D eigenvalue weighted by Crippen LogP contribution is -2.62. The van der Waals surface area contributed by atoms with E-state index in [4.69, 9.17) is 0 Å². The number of fused-ring (bicyclic) bond motifs is 10. The third-order valence-corrected chi connectivity index (χ3v) is 20.7. The molecule has 6 aromatic carbocycles. The summed E-state index contributed by atoms with van der Waals surface area (Å²) < 4.78 is 0. The van der Waals surface area contributed by atoms with Gasteiger partial charge in [0.25, 0.3) is 6.71 Å². The molecule has 6 aliphatic rings. The summed E-state index contributed by atoms with van der Waals surface area (Å²) in [6, 6.07) is 38.4. The van der Waals surface area contributed by atoms with Gasteiger partial charge in [0.15, 0.2) is 0 Å². The van der Waals surface area contributed by atoms with Crippen molar-refractivity contribution in [3.05, 3.63) is 147 Å². The van der Waals surface area contributed by atoms with Crippen LogP contribution in [-0.4, -0.2) is 6.71 Å². The van der Waals surface area contributed by atoms with Crippen molar-refractivity contribution in [2.75, 3.05) is 9.80 Å². The number of nitrogens with zero attached hydrogens (tertiary/aromatic N) is 2. The molecule has 0 aromatic heterocycles. The zero-order valence-corrected chi connectivity index (χ0v) is 49.4. The fourth-order valence-electron chi connectivity index (χ4n) is 15.5. The van der Waals surface area contributed by atoms with Crippen LogP contribution in [0, 0.1) is 0 Å². The van der Waals surface area contributed by atoms with Crippen molar-refractivity contribution < 1.29 is 0 Å². The minimum Gasteiger partial charge on any atom is -0.311 e. The van der Waals surface area contributed by atoms with E-state index in [9.17, 15) is 0 Å². The van der Waals surface area contributed by atoms with E-state index >= 15 is 0 Å². The molecule has 0 radical (unpaired) electrons. The van der Waals surface area contributed by atoms with Crippen LogP contribution < -0.4 is 26.2 Å². The summed E-state index contributed by atoms with van der Waals surface area (Å²) in [6.45, 7) is 49.6. The summed E-state index contributed by atoms with van der Waals surface area (Å²) in [5.74, 6) is 0. The van der Waals surface area contributed by atoms with Crippen LogP contribution in [0.3, 0.4) is 0 Å². The van der Waals surface area contributed by atoms with Gasteiger partial charge in [0, 0.05) is 39.5 Å². The Morgan fingerprint density at radius 1 is 0.378 bits per heavy atom. The molecule has 0 bridgehead atoms. The Hall–Kier alpha value is -5.02. The number of hydrogen-bond donors (Lipinski definition) is 0. The molecular formula is C71H87BN2. The molecule has 0 saturated heterocycles. The molecule has 0 amide bonds. The summed E-state index contributed by atoms with van der Waals surface area (Å²) >= 11 is 0. The predicted octanol–water partition coefficient (Wildman–Crippen LogP) is 17.7. The molecule has 3 heteroatoms. The van der Waals surface area contributed by atoms with Crippen LogP contribution >= 0.6 is 0 Å². The average molecular weight is 979 g/mol. The average Bonchev–Trinajstić information content (AvgIpc) is 3.54. The van der Waals surface area contributed by atoms with Gasteiger partial charge >= 0.3 is 0 Å². The van der Waals surface area contributed by atoms with Gasteiger partial charge in [-0.1, -0.05) is 181 Å². The van der Waals surface area contributed by atoms with Gasteiger partial charge in [0.1, 0.15) is 0 Å². The third kappa shape index (κ3) is 7.01. The fraction of sp³-hybridized carbons (Fsp3) is 0.493. The van der Waals surface area contributed by atoms with Gasteiger partial charge in [-0.15, -0.1) is 0 Å². The van der Waals surface area contributed by atoms with Crippen LogP contribution in [0.5, 0.6) is 0 Å². The molecule has 4 aliphatic carbocycles. The SMILES string of the molecule is CC(C)(C)c1cc2c3c(c1)N(c1ccc4c(c1)C(C)(C)CCC4(C)C)c1cc4c(cc1B3c1cc3c(cc1N2c1cc2c(c(C(C)(C)C)c1)C(C)(C)c1ccccc1-2)C(C)(C)CCC3(C)C)C(C)(C)CCC4(C)C. The molecule has 12 rings (SSSR count). The second-order valence-electron chi connectivity index (χ2n) is 31.1. The second-order valence-corrected chi connectivity index (χ2v) is 31.1. The van der Waals surface area contributed by atoms with E-state index in [0.29, 0.717) is 0 Å². The lowest BCUT2D eigenvalue weighted by Gasteiger charge is -2.49. The highest BCUT2D eigenvalue weighted by atomic mass is 15.2. The molecule has 0 N–H and O–H groups in total. The summed E-state index contributed by atoms with van der Waals surface area (Å²) in [5.41, 5.74) is 29.9. The molecular weight excluding hydrogens is 892 g/mol. The highest BCUT2D eigenvalue weighted by Gasteiger charge is 2.50. The van der Waals surface area contributed by atoms with Crippen LogP contribution in [0.25, 0.3) is 11.1 Å². The highest BCUT2D eigenvalue weighted by Crippen LogP contribution is 2.58. The topological polar surface area (TPSA) is 6.48 Å². The minimum atomic E-state index is -0.123. The van der Waals surface area contributed by atoms with E-state index in [0.717, 1.165) is 0 Å². The van der Waals surface area contributed by atoms with Gasteiger partial charge < -0.3 is 9.80 Å². The molecule has 6 aromatic rings. The van der Waals surface area contributed by atoms with Crippen molar-refractivity contribution in [2.45, 2.75) is 226 Å². The largest absolute Gasteiger partial charge is 0.311 e. The Kier molecular flexibility index (Phi) is 10.2. The van der Waals surface area contributed by atoms with Crippen molar-refractivity contribution in [1.29, 1.82) is 0 Å². The minimum absolute atomic E-state index is 0.0342. The summed E-state index contributed by atoms with van der Waals surface area (Å²) in [7, 11) is 0. The first kappa shape index (κ1) is 49.8. The highest BCUT2D eigenvalue weighted by molar-refractivity contribution is 7.00. The Labute approximate surface area is 448 Å². The Balaban J connectivity index is 1.26. The first-order chi connectivity index (χ1) is 34.2. The molecule has 2 nitrogen and oxygen atoms in total. The number of rotatable bonds is 2. The Morgan fingerprint density at radius 2 is 0.811 bits per heavy atom. The van der Waals surface area contributed by atoms with E-state index in [1.165, 1.54) is 156 Å². The normalized spacial score (nSPS) is 21.3. The van der Waals surface area contributed by atoms with Gasteiger partial charge in [0.05, 0.1) is 0 Å². The zero-order chi connectivity index (χ0) is 53.2. The van der Waals surface area contributed by atoms with E-state index in [1.54, 1.807) is 0 Å². The van der Waals surface area contributed by atoms with Gasteiger partial charge in [-0.2, -0.15) is 0 Å². The van der Waals surface area contributed by atoms with Crippen LogP contribution in [0.2, 0.25) is 0 Å². The van der Waals surface area contributed by atoms with E-state index < -0.39 is 0 Å². The van der Waals surface area contributed by atoms with Crippen molar-refractivity contribution in [3.8, 4) is 11.1 Å². The van der Waals surface area contributed by atoms with E-state index in [2.05, 4.69) is 239 Å². The molecule has 2 aliphatic heterocycles. The monoisotopic (exact) mass is 979 g/mol. The first-order valence-corrected chi connectivity index (χ1v) is 28.8. The molecule has 0 saturated carbocycles. The predicted molar refractivity (Wildman–Crippen MR) is 321 cm³/mol. The summed E-state index contributed by atoms with van der Waals surface area (Å²) in [4.78, 5) is 5.56. The molecule has 0 fully saturated rings. The van der Waals surface area contributed by atoms with Gasteiger partial charge in [-0.3, -0.25) is 0 Å². The smallest absolute Gasteiger partial charge is 0.252 e. The summed E-state index contributed by atoms with van der Waals surface area (Å²) in [5, 5.41) is 0. The first-order valence-electron chi connectivity index (χ1n) is 28.8. The third-order valence-electron chi connectivity index (χ3n) is 20.7. The van der Waals surface area contributed by atoms with E-state index in [1.807, 2.05) is 0 Å². The molecule has 0 unspecified atom stereocenters.